The van der Waals surface area contributed by atoms with Crippen LogP contribution in [-0.2, 0) is 32.1 Å². The lowest BCUT2D eigenvalue weighted by molar-refractivity contribution is -0.151. The van der Waals surface area contributed by atoms with Gasteiger partial charge in [0.1, 0.15) is 18.4 Å². The SMILES string of the molecule is C/C=C1\NC(=O)c2nc(ccc2F)CNC(=O)C[C@@H](/C=C/CCSC(C)=O)OC(=O)C(Cc2ccccc2)NC1O. The van der Waals surface area contributed by atoms with Gasteiger partial charge in [-0.1, -0.05) is 54.2 Å². The monoisotopic (exact) mass is 584 g/mol. The van der Waals surface area contributed by atoms with E-state index in [1.807, 2.05) is 6.07 Å². The Bertz CT molecular complexity index is 1300. The summed E-state index contributed by atoms with van der Waals surface area (Å²) in [6.07, 6.45) is 2.65. The first-order chi connectivity index (χ1) is 19.7. The number of amides is 2. The fourth-order valence-corrected chi connectivity index (χ4v) is 4.45. The smallest absolute Gasteiger partial charge is 0.324 e. The summed E-state index contributed by atoms with van der Waals surface area (Å²) in [6.45, 7) is 2.93. The van der Waals surface area contributed by atoms with Gasteiger partial charge in [0, 0.05) is 12.7 Å². The van der Waals surface area contributed by atoms with Crippen LogP contribution < -0.4 is 16.0 Å². The summed E-state index contributed by atoms with van der Waals surface area (Å²) >= 11 is 1.16. The highest BCUT2D eigenvalue weighted by atomic mass is 32.2. The van der Waals surface area contributed by atoms with Gasteiger partial charge < -0.3 is 20.5 Å². The predicted molar refractivity (Wildman–Crippen MR) is 152 cm³/mol. The zero-order valence-electron chi connectivity index (χ0n) is 22.8. The van der Waals surface area contributed by atoms with Crippen molar-refractivity contribution in [2.24, 2.45) is 0 Å². The molecule has 1 aromatic heterocycles. The standard InChI is InChI=1S/C29H33FN4O6S/c1-3-23-27(37)34-24(15-19-9-5-4-6-10-19)29(39)40-21(11-7-8-14-41-18(2)35)16-25(36)31-17-20-12-13-22(30)26(32-20)28(38)33-23/h3-7,9-13,21,24,27,34,37H,8,14-17H2,1-2H3,(H,31,36)(H,33,38)/b11-7+,23-3-/t21-,24?,27?/m1/s1. The fraction of sp³-hybridized carbons (Fsp3) is 0.345. The third kappa shape index (κ3) is 10.2. The van der Waals surface area contributed by atoms with E-state index in [1.165, 1.54) is 19.1 Å². The Morgan fingerprint density at radius 2 is 1.95 bits per heavy atom. The molecule has 2 amide bonds. The van der Waals surface area contributed by atoms with Crippen molar-refractivity contribution in [3.05, 3.63) is 89.2 Å². The minimum Gasteiger partial charge on any atom is -0.456 e. The molecule has 0 saturated carbocycles. The molecule has 1 aliphatic rings. The van der Waals surface area contributed by atoms with E-state index in [4.69, 9.17) is 4.74 Å². The molecule has 0 radical (unpaired) electrons. The Kier molecular flexibility index (Phi) is 12.2. The van der Waals surface area contributed by atoms with Crippen molar-refractivity contribution >= 4 is 34.7 Å². The summed E-state index contributed by atoms with van der Waals surface area (Å²) < 4.78 is 20.2. The second-order valence-electron chi connectivity index (χ2n) is 9.16. The second kappa shape index (κ2) is 15.8. The molecular formula is C29H33FN4O6S. The number of hydrogen-bond acceptors (Lipinski definition) is 9. The molecule has 41 heavy (non-hydrogen) atoms. The molecule has 0 saturated heterocycles. The van der Waals surface area contributed by atoms with Crippen LogP contribution in [0.25, 0.3) is 0 Å². The number of ether oxygens (including phenoxy) is 1. The van der Waals surface area contributed by atoms with Crippen LogP contribution in [0.15, 0.2) is 66.4 Å². The number of allylic oxidation sites excluding steroid dienone is 2. The van der Waals surface area contributed by atoms with Crippen LogP contribution in [0.1, 0.15) is 48.4 Å². The van der Waals surface area contributed by atoms with Crippen molar-refractivity contribution in [1.29, 1.82) is 0 Å². The quantitative estimate of drug-likeness (QED) is 0.229. The third-order valence-electron chi connectivity index (χ3n) is 5.97. The molecule has 2 bridgehead atoms. The first-order valence-corrected chi connectivity index (χ1v) is 14.0. The van der Waals surface area contributed by atoms with Gasteiger partial charge in [-0.3, -0.25) is 24.5 Å². The van der Waals surface area contributed by atoms with E-state index >= 15 is 0 Å². The van der Waals surface area contributed by atoms with Gasteiger partial charge in [0.05, 0.1) is 24.4 Å². The second-order valence-corrected chi connectivity index (χ2v) is 10.4. The third-order valence-corrected chi connectivity index (χ3v) is 6.82. The number of esters is 1. The topological polar surface area (TPSA) is 147 Å². The van der Waals surface area contributed by atoms with Gasteiger partial charge >= 0.3 is 5.97 Å². The lowest BCUT2D eigenvalue weighted by Crippen LogP contribution is -2.49. The number of aliphatic hydroxyl groups excluding tert-OH is 1. The Hall–Kier alpha value is -3.87. The number of carbonyl (C=O) groups excluding carboxylic acids is 4. The molecule has 12 heteroatoms. The number of aliphatic hydroxyl groups is 1. The number of nitrogens with one attached hydrogen (secondary N) is 3. The number of rotatable bonds is 6. The summed E-state index contributed by atoms with van der Waals surface area (Å²) in [5.41, 5.74) is 0.460. The van der Waals surface area contributed by atoms with Crippen LogP contribution in [-0.4, -0.2) is 57.1 Å². The van der Waals surface area contributed by atoms with Gasteiger partial charge in [0.15, 0.2) is 16.6 Å². The normalized spacial score (nSPS) is 21.8. The molecule has 3 rings (SSSR count). The van der Waals surface area contributed by atoms with Crippen molar-refractivity contribution < 1.29 is 33.4 Å². The fourth-order valence-electron chi connectivity index (χ4n) is 3.91. The van der Waals surface area contributed by atoms with E-state index < -0.39 is 47.7 Å². The number of hydrogen-bond donors (Lipinski definition) is 4. The molecule has 2 unspecified atom stereocenters. The molecule has 0 fully saturated rings. The van der Waals surface area contributed by atoms with Crippen molar-refractivity contribution in [3.8, 4) is 0 Å². The number of aromatic nitrogens is 1. The lowest BCUT2D eigenvalue weighted by atomic mass is 10.1. The maximum absolute atomic E-state index is 14.5. The molecule has 0 spiro atoms. The van der Waals surface area contributed by atoms with Crippen LogP contribution in [0.3, 0.4) is 0 Å². The maximum atomic E-state index is 14.5. The number of fused-ring (bicyclic) bond motifs is 2. The number of benzene rings is 1. The molecule has 4 N–H and O–H groups in total. The Morgan fingerprint density at radius 3 is 2.66 bits per heavy atom. The van der Waals surface area contributed by atoms with E-state index in [1.54, 1.807) is 43.3 Å². The average molecular weight is 585 g/mol. The highest BCUT2D eigenvalue weighted by Crippen LogP contribution is 2.13. The summed E-state index contributed by atoms with van der Waals surface area (Å²) in [4.78, 5) is 54.3. The van der Waals surface area contributed by atoms with Gasteiger partial charge in [-0.15, -0.1) is 0 Å². The van der Waals surface area contributed by atoms with Gasteiger partial charge in [-0.2, -0.15) is 0 Å². The molecule has 1 aromatic carbocycles. The molecule has 218 valence electrons. The van der Waals surface area contributed by atoms with Crippen LogP contribution in [0.5, 0.6) is 0 Å². The lowest BCUT2D eigenvalue weighted by Gasteiger charge is -2.25. The zero-order chi connectivity index (χ0) is 29.8. The Labute approximate surface area is 241 Å². The number of halogens is 1. The molecule has 1 aliphatic heterocycles. The molecular weight excluding hydrogens is 551 g/mol. The number of cyclic esters (lactones) is 1. The zero-order valence-corrected chi connectivity index (χ0v) is 23.6. The van der Waals surface area contributed by atoms with Gasteiger partial charge in [0.25, 0.3) is 5.91 Å². The van der Waals surface area contributed by atoms with Crippen molar-refractivity contribution in [3.63, 3.8) is 0 Å². The largest absolute Gasteiger partial charge is 0.456 e. The first-order valence-electron chi connectivity index (χ1n) is 13.0. The van der Waals surface area contributed by atoms with Crippen LogP contribution in [0.2, 0.25) is 0 Å². The predicted octanol–water partition coefficient (Wildman–Crippen LogP) is 2.53. The van der Waals surface area contributed by atoms with Crippen LogP contribution >= 0.6 is 11.8 Å². The summed E-state index contributed by atoms with van der Waals surface area (Å²) in [5.74, 6) is -2.47. The van der Waals surface area contributed by atoms with E-state index in [2.05, 4.69) is 20.9 Å². The highest BCUT2D eigenvalue weighted by molar-refractivity contribution is 8.13. The highest BCUT2D eigenvalue weighted by Gasteiger charge is 2.28. The minimum atomic E-state index is -1.54. The first kappa shape index (κ1) is 31.7. The van der Waals surface area contributed by atoms with Crippen LogP contribution in [0, 0.1) is 5.82 Å². The maximum Gasteiger partial charge on any atom is 0.324 e. The number of carbonyl (C=O) groups is 4. The number of nitrogens with zero attached hydrogens (tertiary/aromatic N) is 1. The summed E-state index contributed by atoms with van der Waals surface area (Å²) in [5, 5.41) is 18.8. The van der Waals surface area contributed by atoms with E-state index in [9.17, 15) is 28.7 Å². The van der Waals surface area contributed by atoms with Crippen molar-refractivity contribution in [1.82, 2.24) is 20.9 Å². The Morgan fingerprint density at radius 1 is 1.20 bits per heavy atom. The minimum absolute atomic E-state index is 0.0171. The molecule has 2 heterocycles. The van der Waals surface area contributed by atoms with Crippen molar-refractivity contribution in [2.75, 3.05) is 5.75 Å². The molecule has 0 aliphatic carbocycles. The number of pyridine rings is 1. The van der Waals surface area contributed by atoms with Crippen molar-refractivity contribution in [2.45, 2.75) is 58.0 Å². The van der Waals surface area contributed by atoms with Gasteiger partial charge in [-0.25, -0.2) is 9.37 Å². The van der Waals surface area contributed by atoms with Gasteiger partial charge in [0.2, 0.25) is 5.91 Å². The molecule has 2 aromatic rings. The van der Waals surface area contributed by atoms with Crippen LogP contribution in [0.4, 0.5) is 4.39 Å². The average Bonchev–Trinajstić information content (AvgIpc) is 2.94. The number of thioether (sulfide) groups is 1. The molecule has 10 nitrogen and oxygen atoms in total. The van der Waals surface area contributed by atoms with Gasteiger partial charge in [-0.05, 0) is 43.5 Å². The summed E-state index contributed by atoms with van der Waals surface area (Å²) in [6, 6.07) is 10.3. The van der Waals surface area contributed by atoms with E-state index in [-0.39, 0.29) is 35.9 Å². The molecule has 3 atom stereocenters. The van der Waals surface area contributed by atoms with E-state index in [0.717, 1.165) is 23.4 Å². The van der Waals surface area contributed by atoms with E-state index in [0.29, 0.717) is 12.2 Å². The summed E-state index contributed by atoms with van der Waals surface area (Å²) in [7, 11) is 0. The Balaban J connectivity index is 1.93.